The summed E-state index contributed by atoms with van der Waals surface area (Å²) >= 11 is 0. The number of rotatable bonds is 2. The Balaban J connectivity index is 2.70. The van der Waals surface area contributed by atoms with Gasteiger partial charge in [0.15, 0.2) is 0 Å². The second kappa shape index (κ2) is 2.74. The Morgan fingerprint density at radius 2 is 2.36 bits per heavy atom. The monoisotopic (exact) mass is 154 g/mol. The van der Waals surface area contributed by atoms with Crippen LogP contribution in [0.4, 0.5) is 4.79 Å². The van der Waals surface area contributed by atoms with E-state index in [-0.39, 0.29) is 18.0 Å². The molecule has 0 aliphatic carbocycles. The van der Waals surface area contributed by atoms with Gasteiger partial charge < -0.3 is 4.90 Å². The zero-order chi connectivity index (χ0) is 8.43. The lowest BCUT2D eigenvalue weighted by molar-refractivity contribution is -0.120. The van der Waals surface area contributed by atoms with Gasteiger partial charge in [-0.3, -0.25) is 10.1 Å². The minimum absolute atomic E-state index is 0.239. The van der Waals surface area contributed by atoms with Crippen LogP contribution in [0.5, 0.6) is 0 Å². The summed E-state index contributed by atoms with van der Waals surface area (Å²) in [6, 6.07) is -0.692. The summed E-state index contributed by atoms with van der Waals surface area (Å²) in [6.45, 7) is 5.58. The standard InChI is InChI=1S/C7H10N2O2/c1-3-4-9-5(2)6(10)8-7(9)11/h3,5H,1,4H2,2H3,(H,8,10,11)/t5-/m0/s1. The molecule has 1 heterocycles. The zero-order valence-electron chi connectivity index (χ0n) is 6.33. The molecule has 4 nitrogen and oxygen atoms in total. The molecule has 0 unspecified atom stereocenters. The van der Waals surface area contributed by atoms with E-state index < -0.39 is 0 Å². The third-order valence-electron chi connectivity index (χ3n) is 1.66. The van der Waals surface area contributed by atoms with Gasteiger partial charge in [0.2, 0.25) is 0 Å². The molecule has 0 aromatic rings. The Bertz CT molecular complexity index is 212. The van der Waals surface area contributed by atoms with E-state index in [0.29, 0.717) is 6.54 Å². The average molecular weight is 154 g/mol. The summed E-state index contributed by atoms with van der Waals surface area (Å²) in [6.07, 6.45) is 1.59. The predicted octanol–water partition coefficient (Wildman–Crippen LogP) is 0.113. The molecule has 1 saturated heterocycles. The number of nitrogens with zero attached hydrogens (tertiary/aromatic N) is 1. The van der Waals surface area contributed by atoms with Crippen LogP contribution in [0.3, 0.4) is 0 Å². The molecule has 0 radical (unpaired) electrons. The first-order chi connectivity index (χ1) is 5.16. The summed E-state index contributed by atoms with van der Waals surface area (Å²) in [4.78, 5) is 23.2. The van der Waals surface area contributed by atoms with Gasteiger partial charge in [-0.25, -0.2) is 4.79 Å². The van der Waals surface area contributed by atoms with E-state index in [1.807, 2.05) is 0 Å². The molecule has 0 bridgehead atoms. The van der Waals surface area contributed by atoms with Crippen LogP contribution >= 0.6 is 0 Å². The fraction of sp³-hybridized carbons (Fsp3) is 0.429. The molecular formula is C7H10N2O2. The quantitative estimate of drug-likeness (QED) is 0.453. The molecule has 60 valence electrons. The van der Waals surface area contributed by atoms with Crippen LogP contribution in [0.15, 0.2) is 12.7 Å². The molecule has 3 amide bonds. The van der Waals surface area contributed by atoms with Crippen molar-refractivity contribution in [2.45, 2.75) is 13.0 Å². The highest BCUT2D eigenvalue weighted by Gasteiger charge is 2.33. The predicted molar refractivity (Wildman–Crippen MR) is 39.9 cm³/mol. The number of carbonyl (C=O) groups is 2. The van der Waals surface area contributed by atoms with Crippen molar-refractivity contribution in [1.29, 1.82) is 0 Å². The zero-order valence-corrected chi connectivity index (χ0v) is 6.33. The summed E-state index contributed by atoms with van der Waals surface area (Å²) in [7, 11) is 0. The van der Waals surface area contributed by atoms with Gasteiger partial charge in [-0.2, -0.15) is 0 Å². The molecule has 4 heteroatoms. The lowest BCUT2D eigenvalue weighted by Gasteiger charge is -2.14. The van der Waals surface area contributed by atoms with Crippen LogP contribution < -0.4 is 5.32 Å². The van der Waals surface area contributed by atoms with Crippen molar-refractivity contribution in [1.82, 2.24) is 10.2 Å². The lowest BCUT2D eigenvalue weighted by atomic mass is 10.3. The van der Waals surface area contributed by atoms with E-state index in [1.165, 1.54) is 4.90 Å². The topological polar surface area (TPSA) is 49.4 Å². The summed E-state index contributed by atoms with van der Waals surface area (Å²) in [5.74, 6) is -0.239. The Hall–Kier alpha value is -1.32. The van der Waals surface area contributed by atoms with Gasteiger partial charge in [0, 0.05) is 6.54 Å². The Morgan fingerprint density at radius 3 is 2.73 bits per heavy atom. The molecule has 11 heavy (non-hydrogen) atoms. The number of hydrogen-bond acceptors (Lipinski definition) is 2. The van der Waals surface area contributed by atoms with Crippen LogP contribution in [0.25, 0.3) is 0 Å². The minimum Gasteiger partial charge on any atom is -0.309 e. The Kier molecular flexibility index (Phi) is 1.94. The van der Waals surface area contributed by atoms with Gasteiger partial charge in [-0.1, -0.05) is 6.08 Å². The molecule has 1 aliphatic rings. The van der Waals surface area contributed by atoms with Crippen molar-refractivity contribution in [3.05, 3.63) is 12.7 Å². The second-order valence-corrected chi connectivity index (χ2v) is 2.41. The molecule has 0 saturated carbocycles. The van der Waals surface area contributed by atoms with E-state index in [0.717, 1.165) is 0 Å². The maximum atomic E-state index is 10.9. The summed E-state index contributed by atoms with van der Waals surface area (Å²) in [5, 5.41) is 2.20. The Labute approximate surface area is 64.9 Å². The molecule has 0 spiro atoms. The molecule has 1 atom stereocenters. The number of amides is 3. The molecule has 1 aliphatic heterocycles. The first-order valence-corrected chi connectivity index (χ1v) is 3.39. The van der Waals surface area contributed by atoms with Crippen molar-refractivity contribution < 1.29 is 9.59 Å². The van der Waals surface area contributed by atoms with Crippen LogP contribution in [0, 0.1) is 0 Å². The minimum atomic E-state index is -0.361. The number of imide groups is 1. The first-order valence-electron chi connectivity index (χ1n) is 3.39. The second-order valence-electron chi connectivity index (χ2n) is 2.41. The van der Waals surface area contributed by atoms with Crippen LogP contribution in [0.2, 0.25) is 0 Å². The van der Waals surface area contributed by atoms with Gasteiger partial charge in [0.05, 0.1) is 0 Å². The highest BCUT2D eigenvalue weighted by molar-refractivity contribution is 6.03. The van der Waals surface area contributed by atoms with Gasteiger partial charge in [0.1, 0.15) is 6.04 Å². The van der Waals surface area contributed by atoms with E-state index in [4.69, 9.17) is 0 Å². The van der Waals surface area contributed by atoms with E-state index in [2.05, 4.69) is 11.9 Å². The third kappa shape index (κ3) is 1.24. The lowest BCUT2D eigenvalue weighted by Crippen LogP contribution is -2.32. The molecule has 0 aromatic carbocycles. The number of nitrogens with one attached hydrogen (secondary N) is 1. The molecular weight excluding hydrogens is 144 g/mol. The molecule has 1 N–H and O–H groups in total. The number of carbonyl (C=O) groups excluding carboxylic acids is 2. The maximum Gasteiger partial charge on any atom is 0.325 e. The summed E-state index contributed by atoms with van der Waals surface area (Å²) < 4.78 is 0. The van der Waals surface area contributed by atoms with Gasteiger partial charge in [0.25, 0.3) is 5.91 Å². The van der Waals surface area contributed by atoms with Crippen LogP contribution in [-0.4, -0.2) is 29.4 Å². The van der Waals surface area contributed by atoms with Gasteiger partial charge in [-0.05, 0) is 6.92 Å². The summed E-state index contributed by atoms with van der Waals surface area (Å²) in [5.41, 5.74) is 0. The van der Waals surface area contributed by atoms with E-state index in [9.17, 15) is 9.59 Å². The highest BCUT2D eigenvalue weighted by Crippen LogP contribution is 2.06. The van der Waals surface area contributed by atoms with Crippen molar-refractivity contribution in [3.63, 3.8) is 0 Å². The highest BCUT2D eigenvalue weighted by atomic mass is 16.2. The molecule has 1 fully saturated rings. The third-order valence-corrected chi connectivity index (χ3v) is 1.66. The van der Waals surface area contributed by atoms with Crippen LogP contribution in [-0.2, 0) is 4.79 Å². The van der Waals surface area contributed by atoms with Crippen LogP contribution in [0.1, 0.15) is 6.92 Å². The fourth-order valence-corrected chi connectivity index (χ4v) is 0.979. The number of urea groups is 1. The van der Waals surface area contributed by atoms with Gasteiger partial charge >= 0.3 is 6.03 Å². The largest absolute Gasteiger partial charge is 0.325 e. The molecule has 0 aromatic heterocycles. The normalized spacial score (nSPS) is 23.7. The van der Waals surface area contributed by atoms with E-state index >= 15 is 0 Å². The first kappa shape index (κ1) is 7.78. The molecule has 1 rings (SSSR count). The van der Waals surface area contributed by atoms with Crippen molar-refractivity contribution >= 4 is 11.9 Å². The van der Waals surface area contributed by atoms with Crippen molar-refractivity contribution in [3.8, 4) is 0 Å². The smallest absolute Gasteiger partial charge is 0.309 e. The van der Waals surface area contributed by atoms with Gasteiger partial charge in [-0.15, -0.1) is 6.58 Å². The van der Waals surface area contributed by atoms with E-state index in [1.54, 1.807) is 13.0 Å². The number of hydrogen-bond donors (Lipinski definition) is 1. The SMILES string of the molecule is C=CCN1C(=O)NC(=O)[C@@H]1C. The van der Waals surface area contributed by atoms with Crippen molar-refractivity contribution in [2.24, 2.45) is 0 Å². The average Bonchev–Trinajstić information content (AvgIpc) is 2.17. The van der Waals surface area contributed by atoms with Crippen molar-refractivity contribution in [2.75, 3.05) is 6.54 Å². The Morgan fingerprint density at radius 1 is 1.73 bits per heavy atom. The fourth-order valence-electron chi connectivity index (χ4n) is 0.979. The maximum absolute atomic E-state index is 10.9.